The molecule has 5 nitrogen and oxygen atoms in total. The van der Waals surface area contributed by atoms with Crippen molar-refractivity contribution in [2.45, 2.75) is 26.8 Å². The Kier molecular flexibility index (Phi) is 2.21. The summed E-state index contributed by atoms with van der Waals surface area (Å²) in [5.41, 5.74) is 0.883. The van der Waals surface area contributed by atoms with Crippen LogP contribution in [-0.4, -0.2) is 26.4 Å². The van der Waals surface area contributed by atoms with E-state index in [9.17, 15) is 0 Å². The van der Waals surface area contributed by atoms with E-state index in [1.165, 1.54) is 0 Å². The number of nitrogens with one attached hydrogen (secondary N) is 1. The monoisotopic (exact) mass is 206 g/mol. The van der Waals surface area contributed by atoms with Crippen molar-refractivity contribution in [2.75, 3.05) is 0 Å². The zero-order chi connectivity index (χ0) is 11.1. The highest BCUT2D eigenvalue weighted by Crippen LogP contribution is 2.19. The van der Waals surface area contributed by atoms with Gasteiger partial charge in [0.25, 0.3) is 5.84 Å². The normalized spacial score (nSPS) is 25.0. The molecule has 0 radical (unpaired) electrons. The molecule has 1 aromatic heterocycles. The first-order valence-electron chi connectivity index (χ1n) is 4.99. The second-order valence-corrected chi connectivity index (χ2v) is 4.06. The molecule has 1 aromatic rings. The standard InChI is InChI=1S/C10H16N5/c1-7(2)15(11)5-4-12-10(15)9-6-13-8(3)14-9/h4-7H,11H2,1-3H3,(H,13,14)/q+1. The van der Waals surface area contributed by atoms with Gasteiger partial charge in [-0.15, -0.1) is 0 Å². The summed E-state index contributed by atoms with van der Waals surface area (Å²) in [5, 5.41) is 0. The molecule has 0 spiro atoms. The second-order valence-electron chi connectivity index (χ2n) is 4.06. The quantitative estimate of drug-likeness (QED) is 0.561. The zero-order valence-corrected chi connectivity index (χ0v) is 9.23. The predicted molar refractivity (Wildman–Crippen MR) is 58.6 cm³/mol. The van der Waals surface area contributed by atoms with Crippen molar-refractivity contribution < 1.29 is 4.59 Å². The highest BCUT2D eigenvalue weighted by Gasteiger charge is 2.37. The van der Waals surface area contributed by atoms with E-state index in [1.54, 1.807) is 12.4 Å². The number of amidine groups is 1. The fourth-order valence-corrected chi connectivity index (χ4v) is 1.61. The average molecular weight is 206 g/mol. The molecule has 0 aliphatic carbocycles. The van der Waals surface area contributed by atoms with Crippen LogP contribution >= 0.6 is 0 Å². The zero-order valence-electron chi connectivity index (χ0n) is 9.23. The molecule has 15 heavy (non-hydrogen) atoms. The fourth-order valence-electron chi connectivity index (χ4n) is 1.61. The first kappa shape index (κ1) is 10.1. The predicted octanol–water partition coefficient (Wildman–Crippen LogP) is 1.05. The molecule has 0 fully saturated rings. The van der Waals surface area contributed by atoms with Crippen molar-refractivity contribution in [1.29, 1.82) is 0 Å². The van der Waals surface area contributed by atoms with Crippen LogP contribution in [0.2, 0.25) is 0 Å². The maximum atomic E-state index is 6.26. The molecular weight excluding hydrogens is 190 g/mol. The number of hydrogen-bond acceptors (Lipinski definition) is 3. The molecule has 0 aromatic carbocycles. The first-order chi connectivity index (χ1) is 7.04. The molecule has 2 rings (SSSR count). The molecule has 3 N–H and O–H groups in total. The highest BCUT2D eigenvalue weighted by molar-refractivity contribution is 5.93. The summed E-state index contributed by atoms with van der Waals surface area (Å²) in [5.74, 6) is 7.94. The Labute approximate surface area is 88.9 Å². The van der Waals surface area contributed by atoms with Gasteiger partial charge >= 0.3 is 0 Å². The molecule has 80 valence electrons. The van der Waals surface area contributed by atoms with Crippen molar-refractivity contribution in [1.82, 2.24) is 9.97 Å². The van der Waals surface area contributed by atoms with Crippen LogP contribution < -0.4 is 5.84 Å². The third kappa shape index (κ3) is 1.49. The number of imidazole rings is 1. The van der Waals surface area contributed by atoms with Gasteiger partial charge in [0.1, 0.15) is 23.8 Å². The highest BCUT2D eigenvalue weighted by atomic mass is 15.6. The number of quaternary nitrogens is 1. The maximum absolute atomic E-state index is 6.26. The van der Waals surface area contributed by atoms with E-state index < -0.39 is 0 Å². The molecule has 1 unspecified atom stereocenters. The summed E-state index contributed by atoms with van der Waals surface area (Å²) in [7, 11) is 0. The largest absolute Gasteiger partial charge is 0.336 e. The van der Waals surface area contributed by atoms with Gasteiger partial charge in [-0.25, -0.2) is 4.98 Å². The number of nitrogens with zero attached hydrogens (tertiary/aromatic N) is 3. The van der Waals surface area contributed by atoms with E-state index >= 15 is 0 Å². The molecule has 2 heterocycles. The van der Waals surface area contributed by atoms with E-state index in [0.29, 0.717) is 0 Å². The minimum absolute atomic E-state index is 0.224. The van der Waals surface area contributed by atoms with Crippen LogP contribution in [0.1, 0.15) is 25.4 Å². The molecule has 5 heteroatoms. The number of aromatic amines is 1. The molecule has 1 aliphatic heterocycles. The Morgan fingerprint density at radius 3 is 2.73 bits per heavy atom. The summed E-state index contributed by atoms with van der Waals surface area (Å²) >= 11 is 0. The number of H-pyrrole nitrogens is 1. The number of nitrogens with two attached hydrogens (primary N) is 1. The average Bonchev–Trinajstić information content (AvgIpc) is 2.72. The summed E-state index contributed by atoms with van der Waals surface area (Å²) in [6.45, 7) is 6.04. The van der Waals surface area contributed by atoms with E-state index in [2.05, 4.69) is 28.8 Å². The van der Waals surface area contributed by atoms with Gasteiger partial charge in [0.15, 0.2) is 0 Å². The minimum Gasteiger partial charge on any atom is -0.336 e. The van der Waals surface area contributed by atoms with Crippen LogP contribution in [0.5, 0.6) is 0 Å². The summed E-state index contributed by atoms with van der Waals surface area (Å²) in [6.07, 6.45) is 5.39. The Hall–Kier alpha value is -1.46. The topological polar surface area (TPSA) is 67.1 Å². The van der Waals surface area contributed by atoms with Crippen LogP contribution in [0, 0.1) is 6.92 Å². The summed E-state index contributed by atoms with van der Waals surface area (Å²) in [6, 6.07) is 0.242. The smallest absolute Gasteiger partial charge is 0.277 e. The Balaban J connectivity index is 2.40. The Bertz CT molecular complexity index is 429. The second kappa shape index (κ2) is 3.29. The lowest BCUT2D eigenvalue weighted by molar-refractivity contribution is -0.821. The van der Waals surface area contributed by atoms with Gasteiger partial charge in [0.05, 0.1) is 12.4 Å². The number of aliphatic imine (C=N–C) groups is 1. The first-order valence-corrected chi connectivity index (χ1v) is 4.99. The Morgan fingerprint density at radius 2 is 2.20 bits per heavy atom. The van der Waals surface area contributed by atoms with Crippen molar-refractivity contribution >= 4 is 5.84 Å². The molecular formula is C10H16N5+. The number of aryl methyl sites for hydroxylation is 1. The molecule has 0 saturated carbocycles. The van der Waals surface area contributed by atoms with Crippen molar-refractivity contribution in [3.05, 3.63) is 30.1 Å². The molecule has 0 saturated heterocycles. The van der Waals surface area contributed by atoms with Crippen molar-refractivity contribution in [3.63, 3.8) is 0 Å². The number of hydrogen-bond donors (Lipinski definition) is 2. The maximum Gasteiger partial charge on any atom is 0.277 e. The lowest BCUT2D eigenvalue weighted by Gasteiger charge is -2.29. The van der Waals surface area contributed by atoms with Crippen LogP contribution in [-0.2, 0) is 0 Å². The third-order valence-electron chi connectivity index (χ3n) is 2.68. The van der Waals surface area contributed by atoms with Crippen LogP contribution in [0.4, 0.5) is 0 Å². The van der Waals surface area contributed by atoms with Crippen LogP contribution in [0.25, 0.3) is 0 Å². The lowest BCUT2D eigenvalue weighted by atomic mass is 10.2. The molecule has 1 aliphatic rings. The van der Waals surface area contributed by atoms with E-state index in [1.807, 2.05) is 13.1 Å². The van der Waals surface area contributed by atoms with Gasteiger partial charge < -0.3 is 4.98 Å². The van der Waals surface area contributed by atoms with Gasteiger partial charge in [-0.1, -0.05) is 0 Å². The van der Waals surface area contributed by atoms with E-state index in [4.69, 9.17) is 5.84 Å². The van der Waals surface area contributed by atoms with Crippen molar-refractivity contribution in [3.8, 4) is 0 Å². The molecule has 0 bridgehead atoms. The molecule has 0 amide bonds. The van der Waals surface area contributed by atoms with Gasteiger partial charge in [-0.2, -0.15) is 15.4 Å². The summed E-state index contributed by atoms with van der Waals surface area (Å²) in [4.78, 5) is 11.6. The lowest BCUT2D eigenvalue weighted by Crippen LogP contribution is -2.57. The van der Waals surface area contributed by atoms with Crippen molar-refractivity contribution in [2.24, 2.45) is 10.8 Å². The van der Waals surface area contributed by atoms with Crippen LogP contribution in [0.3, 0.4) is 0 Å². The van der Waals surface area contributed by atoms with Gasteiger partial charge in [0, 0.05) is 0 Å². The minimum atomic E-state index is 0.224. The van der Waals surface area contributed by atoms with Gasteiger partial charge in [-0.3, -0.25) is 0 Å². The van der Waals surface area contributed by atoms with Gasteiger partial charge in [-0.05, 0) is 20.8 Å². The number of aromatic nitrogens is 2. The summed E-state index contributed by atoms with van der Waals surface area (Å²) < 4.78 is 0.224. The Morgan fingerprint density at radius 1 is 1.47 bits per heavy atom. The van der Waals surface area contributed by atoms with E-state index in [0.717, 1.165) is 17.4 Å². The van der Waals surface area contributed by atoms with E-state index in [-0.39, 0.29) is 10.6 Å². The molecule has 1 atom stereocenters. The van der Waals surface area contributed by atoms with Crippen LogP contribution in [0.15, 0.2) is 23.6 Å². The van der Waals surface area contributed by atoms with Gasteiger partial charge in [0.2, 0.25) is 0 Å². The number of rotatable bonds is 2. The fraction of sp³-hybridized carbons (Fsp3) is 0.400. The SMILES string of the molecule is Cc1ncc(C2=NC=C[N+]2(N)C(C)C)[nH]1. The third-order valence-corrected chi connectivity index (χ3v) is 2.68.